The van der Waals surface area contributed by atoms with E-state index < -0.39 is 0 Å². The summed E-state index contributed by atoms with van der Waals surface area (Å²) >= 11 is 5.90. The van der Waals surface area contributed by atoms with Crippen LogP contribution in [0, 0.1) is 0 Å². The Hall–Kier alpha value is -1.32. The standard InChI is InChI=1S/C16H22ClN5O.HI/c1-12(11-23-3)21-16(18-2)19-8-13-9-20-22(10-13)15-6-4-14(17)5-7-15;/h4-7,9-10,12H,8,11H2,1-3H3,(H2,18,19,21);1H. The Labute approximate surface area is 164 Å². The number of ether oxygens (including phenoxy) is 1. The van der Waals surface area contributed by atoms with Crippen LogP contribution in [0.4, 0.5) is 0 Å². The quantitative estimate of drug-likeness (QED) is 0.393. The monoisotopic (exact) mass is 463 g/mol. The molecule has 0 fully saturated rings. The summed E-state index contributed by atoms with van der Waals surface area (Å²) < 4.78 is 6.92. The van der Waals surface area contributed by atoms with Gasteiger partial charge in [0.15, 0.2) is 5.96 Å². The minimum Gasteiger partial charge on any atom is -0.383 e. The topological polar surface area (TPSA) is 63.5 Å². The first-order valence-corrected chi connectivity index (χ1v) is 7.75. The van der Waals surface area contributed by atoms with E-state index in [-0.39, 0.29) is 30.0 Å². The molecule has 0 saturated heterocycles. The number of hydrogen-bond donors (Lipinski definition) is 2. The molecule has 2 rings (SSSR count). The normalized spacial score (nSPS) is 12.4. The minimum atomic E-state index is 0. The lowest BCUT2D eigenvalue weighted by molar-refractivity contribution is 0.179. The highest BCUT2D eigenvalue weighted by Gasteiger charge is 2.06. The number of hydrogen-bond acceptors (Lipinski definition) is 3. The number of guanidine groups is 1. The van der Waals surface area contributed by atoms with E-state index in [1.54, 1.807) is 14.2 Å². The first-order chi connectivity index (χ1) is 11.1. The van der Waals surface area contributed by atoms with Crippen molar-refractivity contribution in [1.82, 2.24) is 20.4 Å². The summed E-state index contributed by atoms with van der Waals surface area (Å²) in [6, 6.07) is 7.74. The number of methoxy groups -OCH3 is 1. The van der Waals surface area contributed by atoms with Crippen molar-refractivity contribution in [3.8, 4) is 5.69 Å². The number of halogens is 2. The molecule has 0 aliphatic rings. The summed E-state index contributed by atoms with van der Waals surface area (Å²) in [6.07, 6.45) is 3.80. The number of nitrogens with zero attached hydrogens (tertiary/aromatic N) is 3. The Kier molecular flexibility index (Phi) is 9.09. The predicted octanol–water partition coefficient (Wildman–Crippen LogP) is 2.84. The van der Waals surface area contributed by atoms with Gasteiger partial charge >= 0.3 is 0 Å². The fraction of sp³-hybridized carbons (Fsp3) is 0.375. The number of rotatable bonds is 6. The van der Waals surface area contributed by atoms with Gasteiger partial charge in [0, 0.05) is 43.5 Å². The third-order valence-electron chi connectivity index (χ3n) is 3.21. The molecule has 2 N–H and O–H groups in total. The largest absolute Gasteiger partial charge is 0.383 e. The summed E-state index contributed by atoms with van der Waals surface area (Å²) in [6.45, 7) is 3.29. The van der Waals surface area contributed by atoms with E-state index in [1.807, 2.05) is 48.3 Å². The maximum atomic E-state index is 5.90. The van der Waals surface area contributed by atoms with Gasteiger partial charge < -0.3 is 15.4 Å². The molecule has 0 spiro atoms. The third-order valence-corrected chi connectivity index (χ3v) is 3.46. The van der Waals surface area contributed by atoms with E-state index in [1.165, 1.54) is 0 Å². The highest BCUT2D eigenvalue weighted by Crippen LogP contribution is 2.13. The lowest BCUT2D eigenvalue weighted by Gasteiger charge is -2.16. The minimum absolute atomic E-state index is 0. The Morgan fingerprint density at radius 3 is 2.71 bits per heavy atom. The van der Waals surface area contributed by atoms with Gasteiger partial charge in [-0.2, -0.15) is 5.10 Å². The molecule has 0 aliphatic heterocycles. The zero-order valence-corrected chi connectivity index (χ0v) is 17.1. The lowest BCUT2D eigenvalue weighted by Crippen LogP contribution is -2.43. The molecule has 1 heterocycles. The molecule has 2 aromatic rings. The van der Waals surface area contributed by atoms with E-state index in [9.17, 15) is 0 Å². The van der Waals surface area contributed by atoms with Crippen LogP contribution in [0.15, 0.2) is 41.7 Å². The predicted molar refractivity (Wildman–Crippen MR) is 109 cm³/mol. The van der Waals surface area contributed by atoms with Crippen LogP contribution in [0.3, 0.4) is 0 Å². The Bertz CT molecular complexity index is 644. The molecule has 0 amide bonds. The second-order valence-electron chi connectivity index (χ2n) is 5.20. The molecule has 6 nitrogen and oxygen atoms in total. The van der Waals surface area contributed by atoms with Crippen LogP contribution < -0.4 is 10.6 Å². The summed E-state index contributed by atoms with van der Waals surface area (Å²) in [5.41, 5.74) is 2.03. The van der Waals surface area contributed by atoms with Gasteiger partial charge in [-0.1, -0.05) is 11.6 Å². The number of aromatic nitrogens is 2. The Balaban J connectivity index is 0.00000288. The van der Waals surface area contributed by atoms with Gasteiger partial charge in [0.05, 0.1) is 18.5 Å². The maximum Gasteiger partial charge on any atom is 0.191 e. The number of nitrogens with one attached hydrogen (secondary N) is 2. The van der Waals surface area contributed by atoms with Gasteiger partial charge in [-0.15, -0.1) is 24.0 Å². The van der Waals surface area contributed by atoms with Crippen molar-refractivity contribution >= 4 is 41.5 Å². The first kappa shape index (κ1) is 20.7. The number of benzene rings is 1. The summed E-state index contributed by atoms with van der Waals surface area (Å²) in [4.78, 5) is 4.20. The molecule has 0 radical (unpaired) electrons. The van der Waals surface area contributed by atoms with Crippen LogP contribution in [-0.4, -0.2) is 42.5 Å². The van der Waals surface area contributed by atoms with Gasteiger partial charge in [-0.3, -0.25) is 4.99 Å². The van der Waals surface area contributed by atoms with Crippen molar-refractivity contribution in [2.45, 2.75) is 19.5 Å². The molecule has 8 heteroatoms. The zero-order chi connectivity index (χ0) is 16.7. The van der Waals surface area contributed by atoms with E-state index in [0.717, 1.165) is 17.2 Å². The van der Waals surface area contributed by atoms with E-state index >= 15 is 0 Å². The van der Waals surface area contributed by atoms with Gasteiger partial charge in [0.2, 0.25) is 0 Å². The van der Waals surface area contributed by atoms with Gasteiger partial charge in [0.25, 0.3) is 0 Å². The van der Waals surface area contributed by atoms with Crippen LogP contribution in [0.25, 0.3) is 5.69 Å². The molecule has 0 saturated carbocycles. The van der Waals surface area contributed by atoms with Crippen molar-refractivity contribution in [3.63, 3.8) is 0 Å². The molecule has 132 valence electrons. The highest BCUT2D eigenvalue weighted by molar-refractivity contribution is 14.0. The smallest absolute Gasteiger partial charge is 0.191 e. The summed E-state index contributed by atoms with van der Waals surface area (Å²) in [5, 5.41) is 11.6. The molecule has 0 bridgehead atoms. The highest BCUT2D eigenvalue weighted by atomic mass is 127. The molecular formula is C16H23ClIN5O. The average Bonchev–Trinajstić information content (AvgIpc) is 3.01. The van der Waals surface area contributed by atoms with Crippen LogP contribution in [0.2, 0.25) is 5.02 Å². The van der Waals surface area contributed by atoms with Crippen LogP contribution in [0.5, 0.6) is 0 Å². The van der Waals surface area contributed by atoms with Crippen LogP contribution in [-0.2, 0) is 11.3 Å². The molecule has 1 atom stereocenters. The fourth-order valence-electron chi connectivity index (χ4n) is 2.09. The number of aliphatic imine (C=N–C) groups is 1. The van der Waals surface area contributed by atoms with Gasteiger partial charge in [-0.25, -0.2) is 4.68 Å². The third kappa shape index (κ3) is 6.29. The Morgan fingerprint density at radius 2 is 2.08 bits per heavy atom. The molecule has 1 aromatic carbocycles. The van der Waals surface area contributed by atoms with E-state index in [2.05, 4.69) is 20.7 Å². The van der Waals surface area contributed by atoms with E-state index in [0.29, 0.717) is 18.2 Å². The van der Waals surface area contributed by atoms with Crippen molar-refractivity contribution in [1.29, 1.82) is 0 Å². The second-order valence-corrected chi connectivity index (χ2v) is 5.63. The van der Waals surface area contributed by atoms with Crippen molar-refractivity contribution in [2.75, 3.05) is 20.8 Å². The van der Waals surface area contributed by atoms with Crippen LogP contribution in [0.1, 0.15) is 12.5 Å². The fourth-order valence-corrected chi connectivity index (χ4v) is 2.22. The molecular weight excluding hydrogens is 441 g/mol. The SMILES string of the molecule is CN=C(NCc1cnn(-c2ccc(Cl)cc2)c1)NC(C)COC.I. The van der Waals surface area contributed by atoms with Gasteiger partial charge in [-0.05, 0) is 31.2 Å². The maximum absolute atomic E-state index is 5.90. The first-order valence-electron chi connectivity index (χ1n) is 7.38. The molecule has 1 aromatic heterocycles. The summed E-state index contributed by atoms with van der Waals surface area (Å²) in [5.74, 6) is 0.730. The summed E-state index contributed by atoms with van der Waals surface area (Å²) in [7, 11) is 3.42. The molecule has 24 heavy (non-hydrogen) atoms. The Morgan fingerprint density at radius 1 is 1.38 bits per heavy atom. The second kappa shape index (κ2) is 10.5. The average molecular weight is 464 g/mol. The molecule has 1 unspecified atom stereocenters. The van der Waals surface area contributed by atoms with Crippen LogP contribution >= 0.6 is 35.6 Å². The zero-order valence-electron chi connectivity index (χ0n) is 14.0. The lowest BCUT2D eigenvalue weighted by atomic mass is 10.3. The van der Waals surface area contributed by atoms with Crippen molar-refractivity contribution in [2.24, 2.45) is 4.99 Å². The van der Waals surface area contributed by atoms with Gasteiger partial charge in [0.1, 0.15) is 0 Å². The molecule has 0 aliphatic carbocycles. The van der Waals surface area contributed by atoms with Crippen molar-refractivity contribution < 1.29 is 4.74 Å². The van der Waals surface area contributed by atoms with Crippen molar-refractivity contribution in [3.05, 3.63) is 47.2 Å². The van der Waals surface area contributed by atoms with E-state index in [4.69, 9.17) is 16.3 Å².